The number of ether oxygens (including phenoxy) is 3. The highest BCUT2D eigenvalue weighted by atomic mass is 19.1. The minimum Gasteiger partial charge on any atom is -0.493 e. The molecule has 1 aliphatic rings. The highest BCUT2D eigenvalue weighted by molar-refractivity contribution is 6.11. The third-order valence-corrected chi connectivity index (χ3v) is 9.17. The first-order valence-electron chi connectivity index (χ1n) is 17.1. The van der Waals surface area contributed by atoms with Gasteiger partial charge in [0.1, 0.15) is 5.75 Å². The van der Waals surface area contributed by atoms with Crippen LogP contribution in [0.3, 0.4) is 0 Å². The van der Waals surface area contributed by atoms with Gasteiger partial charge >= 0.3 is 0 Å². The summed E-state index contributed by atoms with van der Waals surface area (Å²) in [5.74, 6) is 0.926. The van der Waals surface area contributed by atoms with Crippen molar-refractivity contribution < 1.29 is 23.4 Å². The van der Waals surface area contributed by atoms with Gasteiger partial charge in [0.15, 0.2) is 28.8 Å². The Morgan fingerprint density at radius 3 is 2.41 bits per heavy atom. The fourth-order valence-corrected chi connectivity index (χ4v) is 6.32. The number of nitrogens with one attached hydrogen (secondary N) is 1. The Labute approximate surface area is 294 Å². The van der Waals surface area contributed by atoms with Crippen molar-refractivity contribution in [3.05, 3.63) is 119 Å². The van der Waals surface area contributed by atoms with Crippen molar-refractivity contribution in [2.75, 3.05) is 38.7 Å². The number of piperidine rings is 1. The number of para-hydroxylation sites is 1. The molecule has 0 atom stereocenters. The van der Waals surface area contributed by atoms with Gasteiger partial charge in [0, 0.05) is 41.3 Å². The summed E-state index contributed by atoms with van der Waals surface area (Å²) in [5, 5.41) is 8.45. The number of halogens is 1. The smallest absolute Gasteiger partial charge is 0.279 e. The second kappa shape index (κ2) is 15.0. The molecule has 6 aromatic rings. The zero-order chi connectivity index (χ0) is 35.3. The molecule has 0 aliphatic carbocycles. The lowest BCUT2D eigenvalue weighted by atomic mass is 9.99. The third-order valence-electron chi connectivity index (χ3n) is 9.17. The Morgan fingerprint density at radius 2 is 1.65 bits per heavy atom. The summed E-state index contributed by atoms with van der Waals surface area (Å²) < 4.78 is 34.5. The maximum Gasteiger partial charge on any atom is 0.279 e. The van der Waals surface area contributed by atoms with Gasteiger partial charge in [0.25, 0.3) is 11.5 Å². The van der Waals surface area contributed by atoms with Crippen molar-refractivity contribution in [2.45, 2.75) is 26.2 Å². The van der Waals surface area contributed by atoms with Crippen LogP contribution >= 0.6 is 0 Å². The molecule has 10 nitrogen and oxygen atoms in total. The minimum absolute atomic E-state index is 0.0204. The van der Waals surface area contributed by atoms with Crippen LogP contribution in [0.15, 0.2) is 102 Å². The van der Waals surface area contributed by atoms with Crippen molar-refractivity contribution in [2.24, 2.45) is 5.92 Å². The van der Waals surface area contributed by atoms with Gasteiger partial charge in [-0.25, -0.2) is 4.39 Å². The van der Waals surface area contributed by atoms with E-state index in [2.05, 4.69) is 27.2 Å². The molecule has 0 bridgehead atoms. The molecule has 0 radical (unpaired) electrons. The lowest BCUT2D eigenvalue weighted by Crippen LogP contribution is -2.34. The number of nitrogens with zero attached hydrogens (tertiary/aromatic N) is 4. The third kappa shape index (κ3) is 7.39. The molecular formula is C40H38FN5O5. The van der Waals surface area contributed by atoms with Gasteiger partial charge in [0.05, 0.1) is 30.3 Å². The lowest BCUT2D eigenvalue weighted by molar-refractivity contribution is 0.102. The Balaban J connectivity index is 1.07. The van der Waals surface area contributed by atoms with Crippen LogP contribution in [0.4, 0.5) is 10.1 Å². The summed E-state index contributed by atoms with van der Waals surface area (Å²) in [5.41, 5.74) is 0.967. The van der Waals surface area contributed by atoms with Crippen LogP contribution in [0, 0.1) is 11.7 Å². The van der Waals surface area contributed by atoms with Gasteiger partial charge in [-0.2, -0.15) is 9.78 Å². The van der Waals surface area contributed by atoms with Crippen LogP contribution in [0.1, 0.15) is 36.7 Å². The number of fused-ring (bicyclic) bond motifs is 2. The van der Waals surface area contributed by atoms with E-state index in [9.17, 15) is 9.59 Å². The van der Waals surface area contributed by atoms with E-state index in [0.717, 1.165) is 32.0 Å². The van der Waals surface area contributed by atoms with Crippen LogP contribution in [0.5, 0.6) is 23.0 Å². The SMILES string of the molecule is COc1cc2c(Oc3ccc(NC(=O)c4nn(-c5ccccc5)c(=O)c5ccccc45)cc3F)ccnc2cc1OCCCN1CCC(C)CC1. The first-order chi connectivity index (χ1) is 24.9. The zero-order valence-electron chi connectivity index (χ0n) is 28.5. The van der Waals surface area contributed by atoms with Gasteiger partial charge in [0.2, 0.25) is 0 Å². The maximum absolute atomic E-state index is 15.5. The number of hydrogen-bond donors (Lipinski definition) is 1. The topological polar surface area (TPSA) is 108 Å². The molecule has 51 heavy (non-hydrogen) atoms. The van der Waals surface area contributed by atoms with E-state index in [-0.39, 0.29) is 22.7 Å². The monoisotopic (exact) mass is 687 g/mol. The van der Waals surface area contributed by atoms with E-state index < -0.39 is 11.7 Å². The Bertz CT molecular complexity index is 2250. The van der Waals surface area contributed by atoms with Gasteiger partial charge in [-0.1, -0.05) is 43.3 Å². The molecule has 1 N–H and O–H groups in total. The van der Waals surface area contributed by atoms with Gasteiger partial charge in [-0.15, -0.1) is 0 Å². The second-order valence-corrected chi connectivity index (χ2v) is 12.7. The van der Waals surface area contributed by atoms with Crippen LogP contribution in [0.2, 0.25) is 0 Å². The molecule has 1 saturated heterocycles. The van der Waals surface area contributed by atoms with Gasteiger partial charge in [-0.05, 0) is 80.7 Å². The van der Waals surface area contributed by atoms with Crippen molar-refractivity contribution >= 4 is 33.3 Å². The van der Waals surface area contributed by atoms with E-state index >= 15 is 4.39 Å². The predicted molar refractivity (Wildman–Crippen MR) is 195 cm³/mol. The number of benzene rings is 4. The van der Waals surface area contributed by atoms with Crippen molar-refractivity contribution in [3.8, 4) is 28.7 Å². The summed E-state index contributed by atoms with van der Waals surface area (Å²) in [6, 6.07) is 25.0. The molecule has 4 aromatic carbocycles. The van der Waals surface area contributed by atoms with E-state index in [4.69, 9.17) is 14.2 Å². The molecular weight excluding hydrogens is 649 g/mol. The highest BCUT2D eigenvalue weighted by Gasteiger charge is 2.20. The average molecular weight is 688 g/mol. The predicted octanol–water partition coefficient (Wildman–Crippen LogP) is 7.63. The zero-order valence-corrected chi connectivity index (χ0v) is 28.5. The molecule has 0 unspecified atom stereocenters. The van der Waals surface area contributed by atoms with E-state index in [1.54, 1.807) is 80.0 Å². The number of anilines is 1. The Morgan fingerprint density at radius 1 is 0.882 bits per heavy atom. The fraction of sp³-hybridized carbons (Fsp3) is 0.250. The summed E-state index contributed by atoms with van der Waals surface area (Å²) in [6.07, 6.45) is 4.97. The number of methoxy groups -OCH3 is 1. The van der Waals surface area contributed by atoms with Crippen molar-refractivity contribution in [1.29, 1.82) is 0 Å². The number of amides is 1. The second-order valence-electron chi connectivity index (χ2n) is 12.7. The molecule has 1 fully saturated rings. The van der Waals surface area contributed by atoms with Gasteiger partial charge in [-0.3, -0.25) is 14.6 Å². The van der Waals surface area contributed by atoms with Crippen molar-refractivity contribution in [3.63, 3.8) is 0 Å². The number of aromatic nitrogens is 3. The first kappa shape index (κ1) is 33.7. The molecule has 3 heterocycles. The van der Waals surface area contributed by atoms with E-state index in [1.165, 1.54) is 35.7 Å². The lowest BCUT2D eigenvalue weighted by Gasteiger charge is -2.30. The molecule has 1 aliphatic heterocycles. The average Bonchev–Trinajstić information content (AvgIpc) is 3.15. The number of likely N-dealkylation sites (tertiary alicyclic amines) is 1. The Kier molecular flexibility index (Phi) is 9.89. The summed E-state index contributed by atoms with van der Waals surface area (Å²) in [7, 11) is 1.57. The Hall–Kier alpha value is -5.81. The molecule has 11 heteroatoms. The number of carbonyl (C=O) groups excluding carboxylic acids is 1. The molecule has 1 amide bonds. The normalized spacial score (nSPS) is 13.7. The standard InChI is InChI=1S/C40H38FN5O5/c1-26-16-20-45(21-17-26)19-8-22-50-37-25-33-31(24-36(37)49-2)34(15-18-42-33)51-35-14-13-27(23-32(35)41)43-39(47)38-29-11-6-7-12-30(29)40(48)46(44-38)28-9-4-3-5-10-28/h3-7,9-15,18,23-26H,8,16-17,19-22H2,1-2H3,(H,43,47). The van der Waals surface area contributed by atoms with E-state index in [0.29, 0.717) is 51.2 Å². The quantitative estimate of drug-likeness (QED) is 0.139. The van der Waals surface area contributed by atoms with Crippen LogP contribution < -0.4 is 25.1 Å². The number of pyridine rings is 1. The molecule has 0 saturated carbocycles. The molecule has 2 aromatic heterocycles. The van der Waals surface area contributed by atoms with Gasteiger partial charge < -0.3 is 24.4 Å². The number of hydrogen-bond acceptors (Lipinski definition) is 8. The molecule has 7 rings (SSSR count). The first-order valence-corrected chi connectivity index (χ1v) is 17.1. The number of carbonyl (C=O) groups is 1. The van der Waals surface area contributed by atoms with Crippen LogP contribution in [0.25, 0.3) is 27.4 Å². The molecule has 0 spiro atoms. The molecule has 260 valence electrons. The minimum atomic E-state index is -0.695. The summed E-state index contributed by atoms with van der Waals surface area (Å²) >= 11 is 0. The maximum atomic E-state index is 15.5. The van der Waals surface area contributed by atoms with Crippen LogP contribution in [-0.2, 0) is 0 Å². The fourth-order valence-electron chi connectivity index (χ4n) is 6.32. The van der Waals surface area contributed by atoms with E-state index in [1.807, 2.05) is 6.07 Å². The van der Waals surface area contributed by atoms with Crippen LogP contribution in [-0.4, -0.2) is 58.9 Å². The largest absolute Gasteiger partial charge is 0.493 e. The summed E-state index contributed by atoms with van der Waals surface area (Å²) in [4.78, 5) is 33.7. The summed E-state index contributed by atoms with van der Waals surface area (Å²) in [6.45, 7) is 6.11. The van der Waals surface area contributed by atoms with Crippen molar-refractivity contribution in [1.82, 2.24) is 19.7 Å². The number of rotatable bonds is 11. The highest BCUT2D eigenvalue weighted by Crippen LogP contribution is 2.38.